The molecule has 4 atom stereocenters. The molecule has 1 nitrogen and oxygen atoms in total. The summed E-state index contributed by atoms with van der Waals surface area (Å²) in [4.78, 5) is 3.48. The van der Waals surface area contributed by atoms with Gasteiger partial charge < -0.3 is 4.90 Å². The number of rotatable bonds is 6. The zero-order chi connectivity index (χ0) is 19.3. The summed E-state index contributed by atoms with van der Waals surface area (Å²) < 4.78 is 0. The third-order valence-electron chi connectivity index (χ3n) is 5.77. The van der Waals surface area contributed by atoms with Gasteiger partial charge >= 0.3 is 0 Å². The number of hydrogen-bond acceptors (Lipinski definition) is 2. The van der Waals surface area contributed by atoms with E-state index in [1.807, 2.05) is 0 Å². The van der Waals surface area contributed by atoms with Crippen molar-refractivity contribution in [1.82, 2.24) is 4.90 Å². The molecule has 3 heteroatoms. The molecular weight excluding hydrogens is 358 g/mol. The van der Waals surface area contributed by atoms with Crippen LogP contribution in [0.25, 0.3) is 0 Å². The maximum Gasteiger partial charge on any atom is 0.0561 e. The molecule has 4 unspecified atom stereocenters. The molecule has 0 spiro atoms. The normalized spacial score (nSPS) is 23.8. The molecule has 0 radical (unpaired) electrons. The van der Waals surface area contributed by atoms with Crippen LogP contribution < -0.4 is 0 Å². The van der Waals surface area contributed by atoms with E-state index in [-0.39, 0.29) is 5.38 Å². The van der Waals surface area contributed by atoms with E-state index in [0.29, 0.717) is 17.9 Å². The van der Waals surface area contributed by atoms with Crippen LogP contribution in [-0.4, -0.2) is 23.4 Å². The van der Waals surface area contributed by atoms with Crippen LogP contribution in [0.5, 0.6) is 0 Å². The van der Waals surface area contributed by atoms with Gasteiger partial charge in [0.15, 0.2) is 0 Å². The average molecular weight is 392 g/mol. The number of halogens is 1. The van der Waals surface area contributed by atoms with Crippen molar-refractivity contribution in [3.05, 3.63) is 53.3 Å². The number of thiol groups is 1. The zero-order valence-corrected chi connectivity index (χ0v) is 18.5. The third-order valence-corrected chi connectivity index (χ3v) is 6.72. The largest absolute Gasteiger partial charge is 0.371 e. The van der Waals surface area contributed by atoms with Gasteiger partial charge in [-0.1, -0.05) is 50.6 Å². The fourth-order valence-corrected chi connectivity index (χ4v) is 4.43. The van der Waals surface area contributed by atoms with Gasteiger partial charge in [-0.3, -0.25) is 0 Å². The monoisotopic (exact) mass is 391 g/mol. The van der Waals surface area contributed by atoms with Gasteiger partial charge in [-0.2, -0.15) is 0 Å². The summed E-state index contributed by atoms with van der Waals surface area (Å²) >= 11 is 11.0. The smallest absolute Gasteiger partial charge is 0.0561 e. The van der Waals surface area contributed by atoms with E-state index >= 15 is 0 Å². The van der Waals surface area contributed by atoms with Crippen molar-refractivity contribution in [3.63, 3.8) is 0 Å². The Morgan fingerprint density at radius 2 is 2.00 bits per heavy atom. The quantitative estimate of drug-likeness (QED) is 0.309. The molecule has 0 heterocycles. The number of alkyl halides is 1. The SMILES string of the molecule is CC/C=C(\C)N(C)C(C1=CCCC(Cl)C(C)C1)C(C)c1ccc(S)cc1. The Kier molecular flexibility index (Phi) is 8.16. The minimum Gasteiger partial charge on any atom is -0.371 e. The number of benzene rings is 1. The van der Waals surface area contributed by atoms with E-state index in [9.17, 15) is 0 Å². The Morgan fingerprint density at radius 1 is 1.35 bits per heavy atom. The minimum absolute atomic E-state index is 0.278. The van der Waals surface area contributed by atoms with Crippen LogP contribution in [0.2, 0.25) is 0 Å². The van der Waals surface area contributed by atoms with Crippen LogP contribution in [-0.2, 0) is 0 Å². The second-order valence-corrected chi connectivity index (χ2v) is 8.82. The van der Waals surface area contributed by atoms with Crippen LogP contribution in [0, 0.1) is 5.92 Å². The molecule has 0 aliphatic heterocycles. The van der Waals surface area contributed by atoms with Crippen LogP contribution in [0.15, 0.2) is 52.6 Å². The first-order valence-corrected chi connectivity index (χ1v) is 10.7. The van der Waals surface area contributed by atoms with Crippen molar-refractivity contribution in [2.45, 2.75) is 75.6 Å². The van der Waals surface area contributed by atoms with Gasteiger partial charge in [-0.05, 0) is 56.2 Å². The highest BCUT2D eigenvalue weighted by molar-refractivity contribution is 7.80. The van der Waals surface area contributed by atoms with E-state index < -0.39 is 0 Å². The molecule has 1 aromatic carbocycles. The first-order chi connectivity index (χ1) is 12.3. The second-order valence-electron chi connectivity index (χ2n) is 7.74. The fourth-order valence-electron chi connectivity index (χ4n) is 4.06. The van der Waals surface area contributed by atoms with Crippen molar-refractivity contribution < 1.29 is 0 Å². The summed E-state index contributed by atoms with van der Waals surface area (Å²) in [6, 6.07) is 8.99. The number of nitrogens with zero attached hydrogens (tertiary/aromatic N) is 1. The summed E-state index contributed by atoms with van der Waals surface area (Å²) in [6.45, 7) is 9.07. The van der Waals surface area contributed by atoms with Crippen molar-refractivity contribution in [3.8, 4) is 0 Å². The van der Waals surface area contributed by atoms with Gasteiger partial charge in [0.1, 0.15) is 0 Å². The van der Waals surface area contributed by atoms with Gasteiger partial charge in [0.05, 0.1) is 6.04 Å². The van der Waals surface area contributed by atoms with E-state index in [4.69, 9.17) is 11.6 Å². The Labute approximate surface area is 170 Å². The molecule has 0 N–H and O–H groups in total. The summed E-state index contributed by atoms with van der Waals surface area (Å²) in [6.07, 6.45) is 9.08. The summed E-state index contributed by atoms with van der Waals surface area (Å²) in [5.74, 6) is 0.920. The first-order valence-electron chi connectivity index (χ1n) is 9.86. The van der Waals surface area contributed by atoms with Crippen LogP contribution in [0.4, 0.5) is 0 Å². The molecule has 0 fully saturated rings. The topological polar surface area (TPSA) is 3.24 Å². The summed E-state index contributed by atoms with van der Waals surface area (Å²) in [5.41, 5.74) is 4.24. The van der Waals surface area contributed by atoms with Crippen molar-refractivity contribution >= 4 is 24.2 Å². The predicted molar refractivity (Wildman–Crippen MR) is 118 cm³/mol. The fraction of sp³-hybridized carbons (Fsp3) is 0.565. The summed E-state index contributed by atoms with van der Waals surface area (Å²) in [7, 11) is 2.24. The lowest BCUT2D eigenvalue weighted by Gasteiger charge is -2.38. The molecule has 2 rings (SSSR count). The van der Waals surface area contributed by atoms with Gasteiger partial charge in [0.2, 0.25) is 0 Å². The second kappa shape index (κ2) is 9.90. The third kappa shape index (κ3) is 5.33. The van der Waals surface area contributed by atoms with Crippen molar-refractivity contribution in [2.24, 2.45) is 5.92 Å². The average Bonchev–Trinajstić information content (AvgIpc) is 2.77. The molecule has 0 amide bonds. The lowest BCUT2D eigenvalue weighted by Crippen LogP contribution is -2.37. The van der Waals surface area contributed by atoms with Crippen LogP contribution in [0.1, 0.15) is 64.9 Å². The Bertz CT molecular complexity index is 634. The van der Waals surface area contributed by atoms with Crippen LogP contribution in [0.3, 0.4) is 0 Å². The molecule has 0 saturated carbocycles. The molecule has 0 aromatic heterocycles. The highest BCUT2D eigenvalue weighted by Gasteiger charge is 2.30. The predicted octanol–water partition coefficient (Wildman–Crippen LogP) is 7.05. The molecule has 1 aliphatic carbocycles. The lowest BCUT2D eigenvalue weighted by atomic mass is 9.83. The van der Waals surface area contributed by atoms with Gasteiger partial charge in [0.25, 0.3) is 0 Å². The number of allylic oxidation sites excluding steroid dienone is 3. The highest BCUT2D eigenvalue weighted by atomic mass is 35.5. The van der Waals surface area contributed by atoms with E-state index in [0.717, 1.165) is 30.6 Å². The maximum absolute atomic E-state index is 6.58. The zero-order valence-electron chi connectivity index (χ0n) is 16.9. The Morgan fingerprint density at radius 3 is 2.62 bits per heavy atom. The number of hydrogen-bond donors (Lipinski definition) is 1. The molecular formula is C23H34ClNS. The molecule has 1 aliphatic rings. The molecule has 0 saturated heterocycles. The van der Waals surface area contributed by atoms with E-state index in [1.165, 1.54) is 16.8 Å². The van der Waals surface area contributed by atoms with Crippen LogP contribution >= 0.6 is 24.2 Å². The summed E-state index contributed by atoms with van der Waals surface area (Å²) in [5, 5.41) is 0.278. The van der Waals surface area contributed by atoms with Gasteiger partial charge in [-0.25, -0.2) is 0 Å². The molecule has 1 aromatic rings. The highest BCUT2D eigenvalue weighted by Crippen LogP contribution is 2.37. The van der Waals surface area contributed by atoms with Crippen molar-refractivity contribution in [2.75, 3.05) is 7.05 Å². The molecule has 144 valence electrons. The standard InChI is InChI=1S/C23H34ClNS/c1-6-8-17(3)25(5)23(18(4)19-11-13-21(26)14-12-19)20-9-7-10-22(24)16(2)15-20/h8-9,11-14,16,18,22-23,26H,6-7,10,15H2,1-5H3/b17-8+. The maximum atomic E-state index is 6.58. The Hall–Kier alpha value is -0.860. The minimum atomic E-state index is 0.278. The number of likely N-dealkylation sites (N-methyl/N-ethyl adjacent to an activating group) is 1. The Balaban J connectivity index is 2.39. The van der Waals surface area contributed by atoms with E-state index in [2.05, 4.69) is 88.7 Å². The van der Waals surface area contributed by atoms with Crippen molar-refractivity contribution in [1.29, 1.82) is 0 Å². The lowest BCUT2D eigenvalue weighted by molar-refractivity contribution is 0.293. The van der Waals surface area contributed by atoms with Gasteiger partial charge in [-0.15, -0.1) is 24.2 Å². The molecule has 26 heavy (non-hydrogen) atoms. The van der Waals surface area contributed by atoms with E-state index in [1.54, 1.807) is 0 Å². The first kappa shape index (κ1) is 21.4. The molecule has 0 bridgehead atoms. The van der Waals surface area contributed by atoms with Gasteiger partial charge in [0, 0.05) is 28.9 Å².